The predicted octanol–water partition coefficient (Wildman–Crippen LogP) is 5.19. The van der Waals surface area contributed by atoms with Gasteiger partial charge in [0.05, 0.1) is 27.3 Å². The van der Waals surface area contributed by atoms with Crippen LogP contribution in [0.25, 0.3) is 16.9 Å². The van der Waals surface area contributed by atoms with E-state index >= 15 is 0 Å². The van der Waals surface area contributed by atoms with Crippen molar-refractivity contribution in [2.45, 2.75) is 12.7 Å². The van der Waals surface area contributed by atoms with Crippen molar-refractivity contribution < 1.29 is 32.8 Å². The van der Waals surface area contributed by atoms with Crippen LogP contribution in [0.1, 0.15) is 37.4 Å². The number of rotatable bonds is 7. The minimum absolute atomic E-state index is 0.0297. The van der Waals surface area contributed by atoms with E-state index in [0.29, 0.717) is 16.9 Å². The molecule has 2 heterocycles. The van der Waals surface area contributed by atoms with Gasteiger partial charge in [0.2, 0.25) is 0 Å². The number of nitro groups is 1. The average molecular weight is 561 g/mol. The smallest absolute Gasteiger partial charge is 0.416 e. The first-order chi connectivity index (χ1) is 19.5. The summed E-state index contributed by atoms with van der Waals surface area (Å²) < 4.78 is 40.9. The Kier molecular flexibility index (Phi) is 6.93. The fraction of sp³-hybridized carbons (Fsp3) is 0.0714. The van der Waals surface area contributed by atoms with Crippen molar-refractivity contribution in [2.24, 2.45) is 0 Å². The molecule has 0 unspecified atom stereocenters. The van der Waals surface area contributed by atoms with E-state index in [2.05, 4.69) is 15.4 Å². The van der Waals surface area contributed by atoms with Crippen LogP contribution in [-0.4, -0.2) is 36.3 Å². The molecule has 0 aliphatic carbocycles. The number of phenols is 1. The summed E-state index contributed by atoms with van der Waals surface area (Å²) in [6.07, 6.45) is -1.91. The van der Waals surface area contributed by atoms with Crippen LogP contribution in [0.4, 0.5) is 18.9 Å². The second-order valence-electron chi connectivity index (χ2n) is 8.88. The topological polar surface area (TPSA) is 140 Å². The fourth-order valence-electron chi connectivity index (χ4n) is 4.13. The van der Waals surface area contributed by atoms with Gasteiger partial charge < -0.3 is 10.4 Å². The summed E-state index contributed by atoms with van der Waals surface area (Å²) in [6, 6.07) is 16.0. The summed E-state index contributed by atoms with van der Waals surface area (Å²) in [7, 11) is 0. The summed E-state index contributed by atoms with van der Waals surface area (Å²) in [5.74, 6) is -1.67. The molecule has 206 valence electrons. The van der Waals surface area contributed by atoms with E-state index in [0.717, 1.165) is 24.3 Å². The highest BCUT2D eigenvalue weighted by Gasteiger charge is 2.32. The third-order valence-corrected chi connectivity index (χ3v) is 6.22. The molecule has 0 aliphatic heterocycles. The summed E-state index contributed by atoms with van der Waals surface area (Å²) in [5, 5.41) is 28.0. The Balaban J connectivity index is 1.32. The summed E-state index contributed by atoms with van der Waals surface area (Å²) >= 11 is 0. The number of carbonyl (C=O) groups excluding carboxylic acids is 2. The van der Waals surface area contributed by atoms with E-state index in [1.807, 2.05) is 0 Å². The van der Waals surface area contributed by atoms with Crippen molar-refractivity contribution in [1.29, 1.82) is 0 Å². The predicted molar refractivity (Wildman–Crippen MR) is 139 cm³/mol. The van der Waals surface area contributed by atoms with Crippen LogP contribution in [0.5, 0.6) is 5.75 Å². The maximum absolute atomic E-state index is 13.2. The number of carbonyl (C=O) groups is 2. The number of non-ortho nitro benzene ring substituents is 1. The number of hydrogen-bond donors (Lipinski definition) is 2. The van der Waals surface area contributed by atoms with E-state index in [1.54, 1.807) is 18.2 Å². The van der Waals surface area contributed by atoms with Crippen molar-refractivity contribution in [3.63, 3.8) is 0 Å². The van der Waals surface area contributed by atoms with Crippen molar-refractivity contribution >= 4 is 23.0 Å². The van der Waals surface area contributed by atoms with Crippen LogP contribution < -0.4 is 5.32 Å². The van der Waals surface area contributed by atoms with Gasteiger partial charge in [0.15, 0.2) is 11.4 Å². The highest BCUT2D eigenvalue weighted by Crippen LogP contribution is 2.32. The number of aromatic nitrogens is 3. The number of phenolic OH excluding ortho intramolecular Hbond substituents is 1. The van der Waals surface area contributed by atoms with Crippen molar-refractivity contribution in [1.82, 2.24) is 19.9 Å². The lowest BCUT2D eigenvalue weighted by atomic mass is 10.0. The Labute approximate surface area is 228 Å². The van der Waals surface area contributed by atoms with Crippen LogP contribution >= 0.6 is 0 Å². The molecule has 2 aromatic heterocycles. The number of ketones is 1. The van der Waals surface area contributed by atoms with E-state index in [-0.39, 0.29) is 34.5 Å². The van der Waals surface area contributed by atoms with Gasteiger partial charge in [-0.15, -0.1) is 0 Å². The normalized spacial score (nSPS) is 11.4. The van der Waals surface area contributed by atoms with Gasteiger partial charge in [-0.1, -0.05) is 30.3 Å². The largest absolute Gasteiger partial charge is 0.507 e. The number of amides is 1. The number of alkyl halides is 3. The zero-order valence-corrected chi connectivity index (χ0v) is 20.8. The van der Waals surface area contributed by atoms with Gasteiger partial charge in [-0.05, 0) is 29.8 Å². The molecular weight excluding hydrogens is 543 g/mol. The standard InChI is InChI=1S/C28H18F3N5O5/c29-28(30,31)22-4-2-1-3-18(22)13-33-27(39)17-7-5-16(6-8-17)23-12-25-32-14-19(15-35(25)34-23)26(38)21-11-20(36(40)41)9-10-24(21)37/h1-12,14-15,37H,13H2,(H,33,39). The molecule has 0 radical (unpaired) electrons. The van der Waals surface area contributed by atoms with E-state index in [4.69, 9.17) is 0 Å². The van der Waals surface area contributed by atoms with E-state index in [9.17, 15) is 38.0 Å². The molecule has 0 spiro atoms. The molecule has 5 rings (SSSR count). The van der Waals surface area contributed by atoms with Crippen LogP contribution in [0.2, 0.25) is 0 Å². The van der Waals surface area contributed by atoms with Gasteiger partial charge in [0.1, 0.15) is 5.75 Å². The molecule has 0 bridgehead atoms. The molecule has 0 saturated heterocycles. The Morgan fingerprint density at radius 3 is 2.44 bits per heavy atom. The van der Waals surface area contributed by atoms with Gasteiger partial charge in [0, 0.05) is 48.3 Å². The minimum Gasteiger partial charge on any atom is -0.507 e. The first-order valence-corrected chi connectivity index (χ1v) is 11.9. The third-order valence-electron chi connectivity index (χ3n) is 6.22. The second kappa shape index (κ2) is 10.5. The number of nitrogens with one attached hydrogen (secondary N) is 1. The summed E-state index contributed by atoms with van der Waals surface area (Å²) in [5.41, 5.74) is 0.193. The van der Waals surface area contributed by atoms with Crippen LogP contribution in [0, 0.1) is 10.1 Å². The van der Waals surface area contributed by atoms with Gasteiger partial charge in [0.25, 0.3) is 11.6 Å². The lowest BCUT2D eigenvalue weighted by Gasteiger charge is -2.13. The molecular formula is C28H18F3N5O5. The molecule has 3 aromatic carbocycles. The molecule has 0 atom stereocenters. The molecule has 5 aromatic rings. The molecule has 0 fully saturated rings. The van der Waals surface area contributed by atoms with Gasteiger partial charge in [-0.3, -0.25) is 19.7 Å². The SMILES string of the molecule is O=C(NCc1ccccc1C(F)(F)F)c1ccc(-c2cc3ncc(C(=O)c4cc([N+](=O)[O-])ccc4O)cn3n2)cc1. The molecule has 0 saturated carbocycles. The van der Waals surface area contributed by atoms with E-state index < -0.39 is 34.1 Å². The number of nitrogens with zero attached hydrogens (tertiary/aromatic N) is 4. The number of halogens is 3. The lowest BCUT2D eigenvalue weighted by Crippen LogP contribution is -2.24. The third kappa shape index (κ3) is 5.59. The van der Waals surface area contributed by atoms with Crippen molar-refractivity contribution in [3.8, 4) is 17.0 Å². The fourth-order valence-corrected chi connectivity index (χ4v) is 4.13. The highest BCUT2D eigenvalue weighted by atomic mass is 19.4. The minimum atomic E-state index is -4.54. The average Bonchev–Trinajstić information content (AvgIpc) is 3.39. The van der Waals surface area contributed by atoms with Gasteiger partial charge >= 0.3 is 6.18 Å². The summed E-state index contributed by atoms with van der Waals surface area (Å²) in [6.45, 7) is -0.302. The van der Waals surface area contributed by atoms with Crippen LogP contribution in [0.3, 0.4) is 0 Å². The molecule has 13 heteroatoms. The zero-order chi connectivity index (χ0) is 29.3. The number of fused-ring (bicyclic) bond motifs is 1. The zero-order valence-electron chi connectivity index (χ0n) is 20.8. The number of nitro benzene ring substituents is 1. The van der Waals surface area contributed by atoms with Crippen molar-refractivity contribution in [2.75, 3.05) is 0 Å². The van der Waals surface area contributed by atoms with Crippen molar-refractivity contribution in [3.05, 3.63) is 123 Å². The van der Waals surface area contributed by atoms with E-state index in [1.165, 1.54) is 47.2 Å². The van der Waals surface area contributed by atoms with Crippen LogP contribution in [-0.2, 0) is 12.7 Å². The van der Waals surface area contributed by atoms with Crippen LogP contribution in [0.15, 0.2) is 85.2 Å². The Morgan fingerprint density at radius 2 is 1.73 bits per heavy atom. The number of benzene rings is 3. The number of hydrogen-bond acceptors (Lipinski definition) is 7. The monoisotopic (exact) mass is 561 g/mol. The first-order valence-electron chi connectivity index (χ1n) is 11.9. The molecule has 0 aliphatic rings. The number of aromatic hydroxyl groups is 1. The van der Waals surface area contributed by atoms with Gasteiger partial charge in [-0.25, -0.2) is 9.50 Å². The first kappa shape index (κ1) is 27.0. The highest BCUT2D eigenvalue weighted by molar-refractivity contribution is 6.10. The second-order valence-corrected chi connectivity index (χ2v) is 8.88. The maximum atomic E-state index is 13.2. The Hall–Kier alpha value is -5.59. The molecule has 41 heavy (non-hydrogen) atoms. The molecule has 1 amide bonds. The maximum Gasteiger partial charge on any atom is 0.416 e. The Morgan fingerprint density at radius 1 is 1.00 bits per heavy atom. The quantitative estimate of drug-likeness (QED) is 0.158. The summed E-state index contributed by atoms with van der Waals surface area (Å²) in [4.78, 5) is 40.1. The molecule has 10 nitrogen and oxygen atoms in total. The Bertz CT molecular complexity index is 1820. The lowest BCUT2D eigenvalue weighted by molar-refractivity contribution is -0.384. The van der Waals surface area contributed by atoms with Gasteiger partial charge in [-0.2, -0.15) is 18.3 Å². The molecule has 2 N–H and O–H groups in total.